The second-order valence-corrected chi connectivity index (χ2v) is 1.66. The third kappa shape index (κ3) is 8140. The molecular weight excluding hydrogens is 162 g/mol. The molecule has 0 radical (unpaired) electrons. The molecule has 10 heavy (non-hydrogen) atoms. The zero-order valence-electron chi connectivity index (χ0n) is 5.85. The van der Waals surface area contributed by atoms with E-state index in [2.05, 4.69) is 5.73 Å². The number of aliphatic hydroxyl groups is 1. The van der Waals surface area contributed by atoms with Crippen LogP contribution >= 0.6 is 0 Å². The summed E-state index contributed by atoms with van der Waals surface area (Å²) in [5, 5.41) is 7.57. The first-order valence-electron chi connectivity index (χ1n) is 2.30. The molecule has 0 aromatic carbocycles. The molecule has 0 aliphatic carbocycles. The lowest BCUT2D eigenvalue weighted by atomic mass is 10.9. The predicted molar refractivity (Wildman–Crippen MR) is 37.0 cm³/mol. The van der Waals surface area contributed by atoms with Crippen LogP contribution in [0.5, 0.6) is 0 Å². The molecule has 5 N–H and O–H groups in total. The van der Waals surface area contributed by atoms with Crippen LogP contribution in [0.3, 0.4) is 0 Å². The molecule has 0 heterocycles. The van der Waals surface area contributed by atoms with Gasteiger partial charge in [0.1, 0.15) is 0 Å². The lowest BCUT2D eigenvalue weighted by Gasteiger charge is -1.68. The molecule has 0 aliphatic rings. The maximum Gasteiger partial charge on any atom is 0.394 e. The van der Waals surface area contributed by atoms with Gasteiger partial charge in [0, 0.05) is 6.61 Å². The lowest BCUT2D eigenvalue weighted by molar-refractivity contribution is 0.318. The van der Waals surface area contributed by atoms with E-state index in [9.17, 15) is 0 Å². The molecule has 6 nitrogen and oxygen atoms in total. The van der Waals surface area contributed by atoms with Crippen molar-refractivity contribution in [1.29, 1.82) is 0 Å². The van der Waals surface area contributed by atoms with Gasteiger partial charge in [-0.15, -0.1) is 0 Å². The summed E-state index contributed by atoms with van der Waals surface area (Å²) >= 11 is 0. The van der Waals surface area contributed by atoms with Crippen molar-refractivity contribution in [2.24, 2.45) is 5.73 Å². The molecule has 7 heteroatoms. The summed E-state index contributed by atoms with van der Waals surface area (Å²) < 4.78 is 31.6. The molecular formula is C3H13NO5S. The van der Waals surface area contributed by atoms with E-state index < -0.39 is 10.4 Å². The quantitative estimate of drug-likeness (QED) is 0.347. The summed E-state index contributed by atoms with van der Waals surface area (Å²) in [6.45, 7) is 1.93. The first-order chi connectivity index (χ1) is 4.41. The zero-order chi connectivity index (χ0) is 9.21. The van der Waals surface area contributed by atoms with Gasteiger partial charge in [-0.2, -0.15) is 8.42 Å². The minimum absolute atomic E-state index is 0.250. The first kappa shape index (κ1) is 16.4. The van der Waals surface area contributed by atoms with Crippen LogP contribution in [-0.4, -0.2) is 36.3 Å². The number of hydrogen-bond donors (Lipinski definition) is 4. The molecule has 0 bridgehead atoms. The number of rotatable bonds is 0. The van der Waals surface area contributed by atoms with Crippen LogP contribution < -0.4 is 5.73 Å². The highest BCUT2D eigenvalue weighted by Crippen LogP contribution is 1.59. The van der Waals surface area contributed by atoms with Crippen molar-refractivity contribution in [1.82, 2.24) is 0 Å². The van der Waals surface area contributed by atoms with Gasteiger partial charge in [0.2, 0.25) is 0 Å². The number of nitrogens with two attached hydrogens (primary N) is 1. The Hall–Kier alpha value is -0.210. The summed E-state index contributed by atoms with van der Waals surface area (Å²) in [7, 11) is -3.17. The van der Waals surface area contributed by atoms with Crippen molar-refractivity contribution in [2.45, 2.75) is 6.92 Å². The molecule has 0 fully saturated rings. The van der Waals surface area contributed by atoms with Gasteiger partial charge in [-0.1, -0.05) is 0 Å². The summed E-state index contributed by atoms with van der Waals surface area (Å²) in [6, 6.07) is 0. The van der Waals surface area contributed by atoms with Crippen molar-refractivity contribution in [3.05, 3.63) is 0 Å². The summed E-state index contributed by atoms with van der Waals surface area (Å²) in [5.74, 6) is 0. The van der Waals surface area contributed by atoms with E-state index in [0.717, 1.165) is 0 Å². The molecule has 66 valence electrons. The van der Waals surface area contributed by atoms with E-state index in [1.54, 1.807) is 6.92 Å². The molecule has 0 saturated carbocycles. The number of aliphatic hydroxyl groups excluding tert-OH is 1. The van der Waals surface area contributed by atoms with Gasteiger partial charge in [-0.05, 0) is 14.0 Å². The fourth-order valence-electron chi connectivity index (χ4n) is 0. The largest absolute Gasteiger partial charge is 0.397 e. The Morgan fingerprint density at radius 2 is 1.30 bits per heavy atom. The third-order valence-electron chi connectivity index (χ3n) is 0. The normalized spacial score (nSPS) is 8.20. The van der Waals surface area contributed by atoms with Crippen molar-refractivity contribution in [3.8, 4) is 0 Å². The predicted octanol–water partition coefficient (Wildman–Crippen LogP) is -1.08. The molecule has 0 aliphatic heterocycles. The maximum absolute atomic E-state index is 8.74. The fourth-order valence-corrected chi connectivity index (χ4v) is 0. The Morgan fingerprint density at radius 1 is 1.30 bits per heavy atom. The van der Waals surface area contributed by atoms with Gasteiger partial charge >= 0.3 is 10.4 Å². The molecule has 0 rings (SSSR count). The van der Waals surface area contributed by atoms with Crippen LogP contribution in [0.4, 0.5) is 0 Å². The smallest absolute Gasteiger partial charge is 0.394 e. The minimum Gasteiger partial charge on any atom is -0.397 e. The molecule has 0 atom stereocenters. The van der Waals surface area contributed by atoms with Crippen molar-refractivity contribution < 1.29 is 22.6 Å². The number of hydrogen-bond acceptors (Lipinski definition) is 4. The monoisotopic (exact) mass is 175 g/mol. The van der Waals surface area contributed by atoms with E-state index in [0.29, 0.717) is 0 Å². The average molecular weight is 175 g/mol. The van der Waals surface area contributed by atoms with Gasteiger partial charge in [0.25, 0.3) is 0 Å². The van der Waals surface area contributed by atoms with Gasteiger partial charge in [-0.25, -0.2) is 0 Å². The highest BCUT2D eigenvalue weighted by Gasteiger charge is 1.84. The van der Waals surface area contributed by atoms with E-state index in [-0.39, 0.29) is 6.61 Å². The first-order valence-corrected chi connectivity index (χ1v) is 3.70. The van der Waals surface area contributed by atoms with Gasteiger partial charge < -0.3 is 10.8 Å². The third-order valence-corrected chi connectivity index (χ3v) is 0. The Balaban J connectivity index is -0.0000000847. The highest BCUT2D eigenvalue weighted by molar-refractivity contribution is 7.79. The second kappa shape index (κ2) is 11.6. The van der Waals surface area contributed by atoms with E-state index in [1.165, 1.54) is 7.05 Å². The van der Waals surface area contributed by atoms with E-state index in [1.807, 2.05) is 0 Å². The molecule has 0 spiro atoms. The second-order valence-electron chi connectivity index (χ2n) is 0.764. The Labute approximate surface area is 60.2 Å². The maximum atomic E-state index is 8.74. The van der Waals surface area contributed by atoms with Crippen LogP contribution in [0.25, 0.3) is 0 Å². The standard InChI is InChI=1S/C2H6O.CH5N.H2O4S/c1-2-3;1-2;1-5(2,3)4/h3H,2H2,1H3;2H2,1H3;(H2,1,2,3,4). The Kier molecular flexibility index (Phi) is 19.0. The molecule has 0 aromatic heterocycles. The zero-order valence-corrected chi connectivity index (χ0v) is 6.67. The van der Waals surface area contributed by atoms with Gasteiger partial charge in [0.05, 0.1) is 0 Å². The van der Waals surface area contributed by atoms with Gasteiger partial charge in [0.15, 0.2) is 0 Å². The molecule has 0 aromatic rings. The Bertz CT molecular complexity index is 111. The fraction of sp³-hybridized carbons (Fsp3) is 1.00. The molecule has 0 saturated heterocycles. The molecule has 0 unspecified atom stereocenters. The summed E-state index contributed by atoms with van der Waals surface area (Å²) in [4.78, 5) is 0. The van der Waals surface area contributed by atoms with Crippen molar-refractivity contribution in [3.63, 3.8) is 0 Å². The van der Waals surface area contributed by atoms with Crippen molar-refractivity contribution in [2.75, 3.05) is 13.7 Å². The van der Waals surface area contributed by atoms with Crippen molar-refractivity contribution >= 4 is 10.4 Å². The minimum atomic E-state index is -4.67. The van der Waals surface area contributed by atoms with Crippen LogP contribution in [-0.2, 0) is 10.4 Å². The van der Waals surface area contributed by atoms with Crippen LogP contribution in [0, 0.1) is 0 Å². The van der Waals surface area contributed by atoms with Crippen LogP contribution in [0.1, 0.15) is 6.92 Å². The highest BCUT2D eigenvalue weighted by atomic mass is 32.3. The summed E-state index contributed by atoms with van der Waals surface area (Å²) in [6.07, 6.45) is 0. The van der Waals surface area contributed by atoms with E-state index >= 15 is 0 Å². The molecule has 0 amide bonds. The van der Waals surface area contributed by atoms with Gasteiger partial charge in [-0.3, -0.25) is 9.11 Å². The Morgan fingerprint density at radius 3 is 1.30 bits per heavy atom. The topological polar surface area (TPSA) is 121 Å². The van der Waals surface area contributed by atoms with Crippen LogP contribution in [0.15, 0.2) is 0 Å². The SMILES string of the molecule is CCO.CN.O=S(=O)(O)O. The summed E-state index contributed by atoms with van der Waals surface area (Å²) in [5.41, 5.74) is 4.50. The van der Waals surface area contributed by atoms with E-state index in [4.69, 9.17) is 22.6 Å². The lowest BCUT2D eigenvalue weighted by Crippen LogP contribution is -1.89. The average Bonchev–Trinajstić information content (AvgIpc) is 1.68. The van der Waals surface area contributed by atoms with Crippen LogP contribution in [0.2, 0.25) is 0 Å².